The molecule has 29 heavy (non-hydrogen) atoms. The van der Waals surface area contributed by atoms with E-state index >= 15 is 0 Å². The summed E-state index contributed by atoms with van der Waals surface area (Å²) in [7, 11) is 0. The number of fused-ring (bicyclic) bond motifs is 3. The lowest BCUT2D eigenvalue weighted by Crippen LogP contribution is -2.32. The molecule has 152 valence electrons. The monoisotopic (exact) mass is 394 g/mol. The van der Waals surface area contributed by atoms with Crippen LogP contribution in [0.2, 0.25) is 0 Å². The van der Waals surface area contributed by atoms with Gasteiger partial charge in [0.15, 0.2) is 0 Å². The maximum atomic E-state index is 12.5. The molecular weight excluding hydrogens is 368 g/mol. The zero-order valence-corrected chi connectivity index (χ0v) is 16.3. The van der Waals surface area contributed by atoms with Crippen LogP contribution in [0, 0.1) is 11.8 Å². The molecule has 0 aliphatic heterocycles. The Hall–Kier alpha value is -2.66. The van der Waals surface area contributed by atoms with E-state index in [-0.39, 0.29) is 24.9 Å². The average molecular weight is 394 g/mol. The van der Waals surface area contributed by atoms with Crippen molar-refractivity contribution in [1.29, 1.82) is 0 Å². The normalized spacial score (nSPS) is 21.8. The topological polar surface area (TPSA) is 83.8 Å². The number of benzene rings is 2. The number of esters is 1. The van der Waals surface area contributed by atoms with Crippen LogP contribution in [0.25, 0.3) is 11.1 Å². The lowest BCUT2D eigenvalue weighted by molar-refractivity contribution is -0.154. The van der Waals surface area contributed by atoms with Gasteiger partial charge in [-0.2, -0.15) is 0 Å². The number of hydrogen-bond acceptors (Lipinski definition) is 4. The molecule has 2 aliphatic carbocycles. The Kier molecular flexibility index (Phi) is 5.67. The second-order valence-corrected chi connectivity index (χ2v) is 8.14. The fourth-order valence-electron chi connectivity index (χ4n) is 4.88. The summed E-state index contributed by atoms with van der Waals surface area (Å²) in [6, 6.07) is 16.2. The Balaban J connectivity index is 1.43. The standard InChI is InChI=1S/C24H26O5/c25-16-7-5-6-15(12-16)21(24(27)28)13-23(26)29-14-22-19-10-3-1-8-17(19)18-9-2-4-11-20(18)22/h1-4,8-11,15-16,21-22,25H,5-7,12-14H2,(H,27,28)/t15-,16-,21-/m0/s1. The van der Waals surface area contributed by atoms with Gasteiger partial charge in [-0.05, 0) is 47.4 Å². The molecule has 0 aromatic heterocycles. The van der Waals surface area contributed by atoms with Gasteiger partial charge in [-0.1, -0.05) is 55.0 Å². The largest absolute Gasteiger partial charge is 0.481 e. The lowest BCUT2D eigenvalue weighted by atomic mass is 9.77. The minimum Gasteiger partial charge on any atom is -0.481 e. The summed E-state index contributed by atoms with van der Waals surface area (Å²) >= 11 is 0. The molecular formula is C24H26O5. The first kappa shape index (κ1) is 19.6. The average Bonchev–Trinajstić information content (AvgIpc) is 3.04. The van der Waals surface area contributed by atoms with E-state index in [1.807, 2.05) is 24.3 Å². The van der Waals surface area contributed by atoms with Crippen molar-refractivity contribution < 1.29 is 24.5 Å². The van der Waals surface area contributed by atoms with E-state index in [1.165, 1.54) is 0 Å². The van der Waals surface area contributed by atoms with E-state index in [0.29, 0.717) is 12.8 Å². The molecule has 0 radical (unpaired) electrons. The summed E-state index contributed by atoms with van der Waals surface area (Å²) in [5.41, 5.74) is 4.57. The second-order valence-electron chi connectivity index (χ2n) is 8.14. The number of aliphatic hydroxyl groups excluding tert-OH is 1. The molecule has 0 amide bonds. The highest BCUT2D eigenvalue weighted by molar-refractivity contribution is 5.80. The van der Waals surface area contributed by atoms with Crippen molar-refractivity contribution in [2.75, 3.05) is 6.61 Å². The van der Waals surface area contributed by atoms with Crippen LogP contribution in [0.1, 0.15) is 49.1 Å². The van der Waals surface area contributed by atoms with Gasteiger partial charge in [0.05, 0.1) is 18.4 Å². The van der Waals surface area contributed by atoms with Crippen molar-refractivity contribution in [3.05, 3.63) is 59.7 Å². The van der Waals surface area contributed by atoms with Crippen molar-refractivity contribution in [2.24, 2.45) is 11.8 Å². The third-order valence-electron chi connectivity index (χ3n) is 6.33. The molecule has 0 unspecified atom stereocenters. The number of carboxylic acid groups (broad SMARTS) is 1. The van der Waals surface area contributed by atoms with Crippen LogP contribution < -0.4 is 0 Å². The molecule has 1 fully saturated rings. The van der Waals surface area contributed by atoms with Crippen LogP contribution in [0.3, 0.4) is 0 Å². The van der Waals surface area contributed by atoms with Crippen molar-refractivity contribution in [2.45, 2.75) is 44.1 Å². The van der Waals surface area contributed by atoms with Crippen molar-refractivity contribution in [3.63, 3.8) is 0 Å². The molecule has 5 nitrogen and oxygen atoms in total. The van der Waals surface area contributed by atoms with Gasteiger partial charge in [0.2, 0.25) is 0 Å². The number of rotatable bonds is 6. The molecule has 2 aromatic carbocycles. The maximum absolute atomic E-state index is 12.5. The number of carboxylic acids is 1. The Bertz CT molecular complexity index is 860. The first-order chi connectivity index (χ1) is 14.0. The Morgan fingerprint density at radius 3 is 2.21 bits per heavy atom. The quantitative estimate of drug-likeness (QED) is 0.724. The number of ether oxygens (including phenoxy) is 1. The van der Waals surface area contributed by atoms with Crippen molar-refractivity contribution in [3.8, 4) is 11.1 Å². The summed E-state index contributed by atoms with van der Waals surface area (Å²) < 4.78 is 5.57. The summed E-state index contributed by atoms with van der Waals surface area (Å²) in [4.78, 5) is 24.3. The maximum Gasteiger partial charge on any atom is 0.307 e. The number of carbonyl (C=O) groups excluding carboxylic acids is 1. The highest BCUT2D eigenvalue weighted by Crippen LogP contribution is 2.44. The Labute approximate surface area is 170 Å². The van der Waals surface area contributed by atoms with Gasteiger partial charge in [0.25, 0.3) is 0 Å². The Morgan fingerprint density at radius 2 is 1.62 bits per heavy atom. The van der Waals surface area contributed by atoms with E-state index in [4.69, 9.17) is 4.74 Å². The number of aliphatic carboxylic acids is 1. The third kappa shape index (κ3) is 4.06. The zero-order valence-electron chi connectivity index (χ0n) is 16.3. The number of hydrogen-bond donors (Lipinski definition) is 2. The number of aliphatic hydroxyl groups is 1. The van der Waals surface area contributed by atoms with Gasteiger partial charge < -0.3 is 14.9 Å². The summed E-state index contributed by atoms with van der Waals surface area (Å²) in [5.74, 6) is -2.50. The minimum absolute atomic E-state index is 0.0360. The second kappa shape index (κ2) is 8.37. The molecule has 0 saturated heterocycles. The number of carbonyl (C=O) groups is 2. The molecule has 1 saturated carbocycles. The van der Waals surface area contributed by atoms with Gasteiger partial charge in [0.1, 0.15) is 6.61 Å². The Morgan fingerprint density at radius 1 is 1.00 bits per heavy atom. The molecule has 0 heterocycles. The first-order valence-corrected chi connectivity index (χ1v) is 10.3. The van der Waals surface area contributed by atoms with Crippen LogP contribution in [-0.4, -0.2) is 34.9 Å². The molecule has 0 bridgehead atoms. The van der Waals surface area contributed by atoms with Crippen LogP contribution in [0.15, 0.2) is 48.5 Å². The van der Waals surface area contributed by atoms with Crippen LogP contribution in [0.4, 0.5) is 0 Å². The van der Waals surface area contributed by atoms with E-state index in [2.05, 4.69) is 24.3 Å². The van der Waals surface area contributed by atoms with E-state index < -0.39 is 24.0 Å². The van der Waals surface area contributed by atoms with E-state index in [9.17, 15) is 19.8 Å². The molecule has 0 spiro atoms. The van der Waals surface area contributed by atoms with Crippen LogP contribution in [0.5, 0.6) is 0 Å². The van der Waals surface area contributed by atoms with Crippen LogP contribution >= 0.6 is 0 Å². The van der Waals surface area contributed by atoms with Gasteiger partial charge in [-0.15, -0.1) is 0 Å². The highest BCUT2D eigenvalue weighted by atomic mass is 16.5. The highest BCUT2D eigenvalue weighted by Gasteiger charge is 2.35. The smallest absolute Gasteiger partial charge is 0.307 e. The van der Waals surface area contributed by atoms with Gasteiger partial charge in [-0.3, -0.25) is 9.59 Å². The third-order valence-corrected chi connectivity index (χ3v) is 6.33. The van der Waals surface area contributed by atoms with Crippen molar-refractivity contribution >= 4 is 11.9 Å². The van der Waals surface area contributed by atoms with Gasteiger partial charge in [0, 0.05) is 5.92 Å². The fraction of sp³-hybridized carbons (Fsp3) is 0.417. The SMILES string of the molecule is O=C(C[C@H](C(=O)O)[C@H]1CCC[C@H](O)C1)OCC1c2ccccc2-c2ccccc21. The molecule has 2 aliphatic rings. The first-order valence-electron chi connectivity index (χ1n) is 10.3. The predicted octanol–water partition coefficient (Wildman–Crippen LogP) is 3.98. The van der Waals surface area contributed by atoms with Crippen LogP contribution in [-0.2, 0) is 14.3 Å². The minimum atomic E-state index is -0.988. The lowest BCUT2D eigenvalue weighted by Gasteiger charge is -2.30. The fourth-order valence-corrected chi connectivity index (χ4v) is 4.88. The molecule has 2 aromatic rings. The molecule has 3 atom stereocenters. The summed E-state index contributed by atoms with van der Waals surface area (Å²) in [6.45, 7) is 0.201. The van der Waals surface area contributed by atoms with Gasteiger partial charge in [-0.25, -0.2) is 0 Å². The van der Waals surface area contributed by atoms with E-state index in [0.717, 1.165) is 35.1 Å². The molecule has 2 N–H and O–H groups in total. The molecule has 5 heteroatoms. The van der Waals surface area contributed by atoms with Crippen molar-refractivity contribution in [1.82, 2.24) is 0 Å². The molecule has 4 rings (SSSR count). The zero-order chi connectivity index (χ0) is 20.4. The van der Waals surface area contributed by atoms with Gasteiger partial charge >= 0.3 is 11.9 Å². The van der Waals surface area contributed by atoms with E-state index in [1.54, 1.807) is 0 Å². The summed E-state index contributed by atoms with van der Waals surface area (Å²) in [5, 5.41) is 19.5. The summed E-state index contributed by atoms with van der Waals surface area (Å²) in [6.07, 6.45) is 2.04. The predicted molar refractivity (Wildman–Crippen MR) is 108 cm³/mol.